The van der Waals surface area contributed by atoms with Gasteiger partial charge < -0.3 is 4.74 Å². The second-order valence-electron chi connectivity index (χ2n) is 8.70. The average molecular weight is 413 g/mol. The molecule has 0 bridgehead atoms. The third-order valence-electron chi connectivity index (χ3n) is 6.78. The molecule has 0 heterocycles. The highest BCUT2D eigenvalue weighted by Crippen LogP contribution is 2.44. The van der Waals surface area contributed by atoms with Gasteiger partial charge in [0.2, 0.25) is 0 Å². The van der Waals surface area contributed by atoms with Gasteiger partial charge in [-0.05, 0) is 49.7 Å². The van der Waals surface area contributed by atoms with E-state index in [9.17, 15) is 0 Å². The fraction of sp³-hybridized carbons (Fsp3) is 0.481. The van der Waals surface area contributed by atoms with Crippen LogP contribution < -0.4 is 0 Å². The van der Waals surface area contributed by atoms with Crippen LogP contribution in [-0.2, 0) is 4.74 Å². The molecule has 0 aromatic heterocycles. The smallest absolute Gasteiger partial charge is 0.177 e. The van der Waals surface area contributed by atoms with Gasteiger partial charge in [0.15, 0.2) is 17.8 Å². The molecule has 3 rings (SSSR count). The fourth-order valence-electron chi connectivity index (χ4n) is 4.80. The van der Waals surface area contributed by atoms with Crippen LogP contribution in [0.25, 0.3) is 0 Å². The summed E-state index contributed by atoms with van der Waals surface area (Å²) >= 11 is 0. The van der Waals surface area contributed by atoms with Gasteiger partial charge in [-0.3, -0.25) is 0 Å². The van der Waals surface area contributed by atoms with Gasteiger partial charge in [0.05, 0.1) is 0 Å². The Balaban J connectivity index is 1.80. The normalized spacial score (nSPS) is 30.6. The van der Waals surface area contributed by atoms with E-state index in [4.69, 9.17) is 4.74 Å². The van der Waals surface area contributed by atoms with Crippen molar-refractivity contribution in [2.45, 2.75) is 64.6 Å². The van der Waals surface area contributed by atoms with Crippen molar-refractivity contribution in [1.29, 1.82) is 0 Å². The lowest BCUT2D eigenvalue weighted by Gasteiger charge is -2.36. The summed E-state index contributed by atoms with van der Waals surface area (Å²) in [7, 11) is 0. The lowest BCUT2D eigenvalue weighted by Crippen LogP contribution is -2.31. The molecule has 3 aliphatic rings. The molecule has 3 aliphatic carbocycles. The Morgan fingerprint density at radius 1 is 1.20 bits per heavy atom. The van der Waals surface area contributed by atoms with Crippen LogP contribution in [-0.4, -0.2) is 12.3 Å². The number of allylic oxidation sites excluding steroid dienone is 8. The van der Waals surface area contributed by atoms with E-state index in [0.29, 0.717) is 12.0 Å². The predicted octanol–water partition coefficient (Wildman–Crippen LogP) is 7.87. The molecule has 0 aromatic rings. The summed E-state index contributed by atoms with van der Waals surface area (Å²) in [6, 6.07) is 0. The third kappa shape index (κ3) is 4.94. The Labute approximate surface area is 180 Å². The van der Waals surface area contributed by atoms with Gasteiger partial charge in [0, 0.05) is 11.5 Å². The number of halogens is 2. The summed E-state index contributed by atoms with van der Waals surface area (Å²) in [5.74, 6) is -0.397. The Morgan fingerprint density at radius 2 is 1.93 bits per heavy atom. The summed E-state index contributed by atoms with van der Waals surface area (Å²) < 4.78 is 36.5. The van der Waals surface area contributed by atoms with E-state index in [1.54, 1.807) is 12.2 Å². The van der Waals surface area contributed by atoms with Crippen molar-refractivity contribution < 1.29 is 13.5 Å². The molecule has 1 fully saturated rings. The van der Waals surface area contributed by atoms with Crippen molar-refractivity contribution in [3.8, 4) is 0 Å². The zero-order valence-corrected chi connectivity index (χ0v) is 18.2. The predicted molar refractivity (Wildman–Crippen MR) is 121 cm³/mol. The first-order valence-corrected chi connectivity index (χ1v) is 11.2. The number of hydrogen-bond donors (Lipinski definition) is 0. The maximum Gasteiger partial charge on any atom is 0.177 e. The summed E-state index contributed by atoms with van der Waals surface area (Å²) in [6.45, 7) is 11.9. The Hall–Kier alpha value is -2.16. The van der Waals surface area contributed by atoms with E-state index in [0.717, 1.165) is 42.7 Å². The molecule has 162 valence electrons. The van der Waals surface area contributed by atoms with Crippen molar-refractivity contribution in [2.75, 3.05) is 0 Å². The first kappa shape index (κ1) is 22.5. The molecule has 0 amide bonds. The highest BCUT2D eigenvalue weighted by Gasteiger charge is 2.39. The largest absolute Gasteiger partial charge is 0.479 e. The first-order chi connectivity index (χ1) is 14.5. The average Bonchev–Trinajstić information content (AvgIpc) is 2.99. The second-order valence-corrected chi connectivity index (χ2v) is 8.70. The van der Waals surface area contributed by atoms with Crippen LogP contribution in [0.3, 0.4) is 0 Å². The van der Waals surface area contributed by atoms with Gasteiger partial charge in [-0.2, -0.15) is 0 Å². The highest BCUT2D eigenvalue weighted by atomic mass is 19.2. The molecule has 0 saturated heterocycles. The molecule has 3 heteroatoms. The minimum Gasteiger partial charge on any atom is -0.479 e. The lowest BCUT2D eigenvalue weighted by molar-refractivity contribution is 0.123. The highest BCUT2D eigenvalue weighted by molar-refractivity contribution is 5.43. The van der Waals surface area contributed by atoms with E-state index in [-0.39, 0.29) is 11.7 Å². The molecule has 3 unspecified atom stereocenters. The molecular weight excluding hydrogens is 378 g/mol. The van der Waals surface area contributed by atoms with Crippen molar-refractivity contribution in [3.63, 3.8) is 0 Å². The monoisotopic (exact) mass is 412 g/mol. The van der Waals surface area contributed by atoms with Crippen LogP contribution in [0, 0.1) is 17.8 Å². The van der Waals surface area contributed by atoms with Gasteiger partial charge in [-0.1, -0.05) is 81.4 Å². The second kappa shape index (κ2) is 10.2. The zero-order chi connectivity index (χ0) is 21.7. The molecule has 0 spiro atoms. The van der Waals surface area contributed by atoms with Crippen LogP contribution in [0.4, 0.5) is 8.78 Å². The summed E-state index contributed by atoms with van der Waals surface area (Å²) in [6.07, 6.45) is 16.9. The molecule has 0 radical (unpaired) electrons. The van der Waals surface area contributed by atoms with Crippen LogP contribution in [0.5, 0.6) is 0 Å². The third-order valence-corrected chi connectivity index (χ3v) is 6.78. The fourth-order valence-corrected chi connectivity index (χ4v) is 4.80. The van der Waals surface area contributed by atoms with E-state index in [2.05, 4.69) is 20.1 Å². The number of hydrogen-bond acceptors (Lipinski definition) is 1. The van der Waals surface area contributed by atoms with Gasteiger partial charge >= 0.3 is 0 Å². The first-order valence-electron chi connectivity index (χ1n) is 11.2. The number of alkyl halides is 1. The molecule has 0 N–H and O–H groups in total. The van der Waals surface area contributed by atoms with Crippen LogP contribution in [0.1, 0.15) is 52.4 Å². The maximum absolute atomic E-state index is 15.2. The van der Waals surface area contributed by atoms with Crippen LogP contribution in [0.2, 0.25) is 0 Å². The molecule has 1 saturated carbocycles. The minimum atomic E-state index is -1.66. The van der Waals surface area contributed by atoms with Crippen LogP contribution in [0.15, 0.2) is 84.0 Å². The molecule has 30 heavy (non-hydrogen) atoms. The Bertz CT molecular complexity index is 803. The van der Waals surface area contributed by atoms with Gasteiger partial charge in [0.25, 0.3) is 0 Å². The minimum absolute atomic E-state index is 0.0317. The summed E-state index contributed by atoms with van der Waals surface area (Å²) in [5, 5.41) is 0. The van der Waals surface area contributed by atoms with Crippen molar-refractivity contribution in [3.05, 3.63) is 84.0 Å². The quantitative estimate of drug-likeness (QED) is 0.387. The molecule has 1 nitrogen and oxygen atoms in total. The molecule has 3 atom stereocenters. The number of ether oxygens (including phenoxy) is 1. The van der Waals surface area contributed by atoms with E-state index in [1.165, 1.54) is 6.42 Å². The van der Waals surface area contributed by atoms with Crippen molar-refractivity contribution >= 4 is 0 Å². The zero-order valence-electron chi connectivity index (χ0n) is 18.2. The molecular formula is C27H34F2O. The topological polar surface area (TPSA) is 9.23 Å². The summed E-state index contributed by atoms with van der Waals surface area (Å²) in [4.78, 5) is 0. The van der Waals surface area contributed by atoms with Gasteiger partial charge in [0.1, 0.15) is 6.10 Å². The Kier molecular flexibility index (Phi) is 7.69. The molecule has 0 aromatic carbocycles. The maximum atomic E-state index is 15.2. The van der Waals surface area contributed by atoms with E-state index < -0.39 is 24.0 Å². The lowest BCUT2D eigenvalue weighted by atomic mass is 9.72. The SMILES string of the molecule is C=CC1=CC(C2CCC(CC)CC2)C(F)C(F)=C1OC(C=C)C1=CC=C(C)C=CC1. The van der Waals surface area contributed by atoms with Gasteiger partial charge in [-0.15, -0.1) is 0 Å². The van der Waals surface area contributed by atoms with Gasteiger partial charge in [-0.25, -0.2) is 8.78 Å². The standard InChI is InChI=1S/C27H34F2O/c1-5-19-12-15-21(16-13-19)23-17-20(6-2)27(26(29)25(23)28)30-24(7-3)22-10-8-9-18(4)11-14-22/h6-9,11,14,17,19,21,23-25H,2-3,5,10,12-13,15-16H2,1,4H3. The van der Waals surface area contributed by atoms with Crippen LogP contribution >= 0.6 is 0 Å². The van der Waals surface area contributed by atoms with Crippen molar-refractivity contribution in [1.82, 2.24) is 0 Å². The van der Waals surface area contributed by atoms with Crippen molar-refractivity contribution in [2.24, 2.45) is 17.8 Å². The number of rotatable bonds is 7. The molecule has 0 aliphatic heterocycles. The summed E-state index contributed by atoms with van der Waals surface area (Å²) in [5.41, 5.74) is 2.64. The van der Waals surface area contributed by atoms with E-state index >= 15 is 8.78 Å². The Morgan fingerprint density at radius 3 is 2.57 bits per heavy atom. The van der Waals surface area contributed by atoms with E-state index in [1.807, 2.05) is 37.3 Å².